The van der Waals surface area contributed by atoms with E-state index in [1.165, 1.54) is 10.5 Å². The van der Waals surface area contributed by atoms with Gasteiger partial charge in [0.25, 0.3) is 0 Å². The van der Waals surface area contributed by atoms with Crippen LogP contribution in [0.2, 0.25) is 0 Å². The molecule has 0 saturated carbocycles. The van der Waals surface area contributed by atoms with Crippen LogP contribution in [-0.4, -0.2) is 43.9 Å². The maximum Gasteiger partial charge on any atom is 0.310 e. The van der Waals surface area contributed by atoms with Gasteiger partial charge in [-0.1, -0.05) is 12.1 Å². The summed E-state index contributed by atoms with van der Waals surface area (Å²) in [6.07, 6.45) is 2.07. The maximum absolute atomic E-state index is 12.0. The molecular formula is C15H21NO2S. The average Bonchev–Trinajstić information content (AvgIpc) is 2.81. The number of nitrogens with zero attached hydrogens (tertiary/aromatic N) is 1. The first-order chi connectivity index (χ1) is 9.15. The van der Waals surface area contributed by atoms with Crippen molar-refractivity contribution in [3.05, 3.63) is 29.8 Å². The minimum absolute atomic E-state index is 0.0370. The third-order valence-corrected chi connectivity index (χ3v) is 4.38. The number of carbonyl (C=O) groups excluding carboxylic acids is 1. The van der Waals surface area contributed by atoms with Gasteiger partial charge < -0.3 is 9.64 Å². The molecule has 1 heterocycles. The molecular weight excluding hydrogens is 258 g/mol. The Hall–Kier alpha value is -1.00. The Balaban J connectivity index is 2.17. The highest BCUT2D eigenvalue weighted by Gasteiger charge is 2.37. The van der Waals surface area contributed by atoms with Crippen molar-refractivity contribution < 1.29 is 9.53 Å². The molecule has 0 aliphatic carbocycles. The first-order valence-electron chi connectivity index (χ1n) is 6.64. The van der Waals surface area contributed by atoms with Crippen LogP contribution in [0.5, 0.6) is 0 Å². The van der Waals surface area contributed by atoms with Crippen molar-refractivity contribution >= 4 is 17.7 Å². The minimum Gasteiger partial charge on any atom is -0.466 e. The molecule has 1 aromatic carbocycles. The van der Waals surface area contributed by atoms with Crippen LogP contribution < -0.4 is 0 Å². The molecule has 3 nitrogen and oxygen atoms in total. The molecule has 2 unspecified atom stereocenters. The van der Waals surface area contributed by atoms with Crippen molar-refractivity contribution in [3.8, 4) is 0 Å². The summed E-state index contributed by atoms with van der Waals surface area (Å²) in [7, 11) is 2.06. The highest BCUT2D eigenvalue weighted by molar-refractivity contribution is 7.98. The van der Waals surface area contributed by atoms with Gasteiger partial charge in [-0.3, -0.25) is 4.79 Å². The second kappa shape index (κ2) is 6.44. The Bertz CT molecular complexity index is 432. The molecule has 1 saturated heterocycles. The van der Waals surface area contributed by atoms with Gasteiger partial charge in [0.05, 0.1) is 12.5 Å². The van der Waals surface area contributed by atoms with E-state index in [1.54, 1.807) is 11.8 Å². The van der Waals surface area contributed by atoms with E-state index in [4.69, 9.17) is 4.74 Å². The van der Waals surface area contributed by atoms with Crippen LogP contribution in [0.3, 0.4) is 0 Å². The van der Waals surface area contributed by atoms with E-state index in [1.807, 2.05) is 6.92 Å². The smallest absolute Gasteiger partial charge is 0.310 e. The fourth-order valence-corrected chi connectivity index (χ4v) is 3.09. The number of likely N-dealkylation sites (tertiary alicyclic amines) is 1. The Kier molecular flexibility index (Phi) is 4.88. The maximum atomic E-state index is 12.0. The number of rotatable bonds is 4. The predicted molar refractivity (Wildman–Crippen MR) is 78.6 cm³/mol. The van der Waals surface area contributed by atoms with Gasteiger partial charge in [0, 0.05) is 23.9 Å². The zero-order valence-electron chi connectivity index (χ0n) is 11.8. The fraction of sp³-hybridized carbons (Fsp3) is 0.533. The van der Waals surface area contributed by atoms with Crippen molar-refractivity contribution in [2.45, 2.75) is 17.7 Å². The molecule has 0 aromatic heterocycles. The first kappa shape index (κ1) is 14.4. The van der Waals surface area contributed by atoms with Gasteiger partial charge in [-0.2, -0.15) is 0 Å². The van der Waals surface area contributed by atoms with E-state index in [-0.39, 0.29) is 17.8 Å². The number of carbonyl (C=O) groups is 1. The SMILES string of the molecule is CCOC(=O)C1CN(C)CC1c1ccc(SC)cc1. The number of ether oxygens (including phenoxy) is 1. The summed E-state index contributed by atoms with van der Waals surface area (Å²) >= 11 is 1.73. The van der Waals surface area contributed by atoms with Crippen molar-refractivity contribution in [2.24, 2.45) is 5.92 Å². The first-order valence-corrected chi connectivity index (χ1v) is 7.87. The second-order valence-electron chi connectivity index (χ2n) is 4.96. The number of hydrogen-bond donors (Lipinski definition) is 0. The van der Waals surface area contributed by atoms with Crippen LogP contribution in [0.15, 0.2) is 29.2 Å². The summed E-state index contributed by atoms with van der Waals surface area (Å²) in [6, 6.07) is 8.53. The molecule has 1 fully saturated rings. The molecule has 0 bridgehead atoms. The highest BCUT2D eigenvalue weighted by Crippen LogP contribution is 2.33. The van der Waals surface area contributed by atoms with E-state index in [9.17, 15) is 4.79 Å². The van der Waals surface area contributed by atoms with Crippen molar-refractivity contribution in [2.75, 3.05) is 33.0 Å². The molecule has 4 heteroatoms. The van der Waals surface area contributed by atoms with Crippen LogP contribution in [0.1, 0.15) is 18.4 Å². The van der Waals surface area contributed by atoms with E-state index in [0.29, 0.717) is 6.61 Å². The quantitative estimate of drug-likeness (QED) is 0.626. The van der Waals surface area contributed by atoms with Gasteiger partial charge in [0.2, 0.25) is 0 Å². The summed E-state index contributed by atoms with van der Waals surface area (Å²) in [5, 5.41) is 0. The normalized spacial score (nSPS) is 23.5. The second-order valence-corrected chi connectivity index (χ2v) is 5.84. The standard InChI is InChI=1S/C15H21NO2S/c1-4-18-15(17)14-10-16(2)9-13(14)11-5-7-12(19-3)8-6-11/h5-8,13-14H,4,9-10H2,1-3H3. The van der Waals surface area contributed by atoms with Crippen LogP contribution >= 0.6 is 11.8 Å². The molecule has 19 heavy (non-hydrogen) atoms. The fourth-order valence-electron chi connectivity index (χ4n) is 2.68. The lowest BCUT2D eigenvalue weighted by atomic mass is 9.89. The Morgan fingerprint density at radius 1 is 1.37 bits per heavy atom. The summed E-state index contributed by atoms with van der Waals surface area (Å²) in [6.45, 7) is 4.02. The number of thioether (sulfide) groups is 1. The van der Waals surface area contributed by atoms with E-state index in [2.05, 4.69) is 42.5 Å². The molecule has 1 aliphatic rings. The molecule has 2 atom stereocenters. The third-order valence-electron chi connectivity index (χ3n) is 3.64. The number of esters is 1. The zero-order valence-corrected chi connectivity index (χ0v) is 12.6. The average molecular weight is 279 g/mol. The number of benzene rings is 1. The predicted octanol–water partition coefficient (Wildman–Crippen LogP) is 2.62. The van der Waals surface area contributed by atoms with Crippen molar-refractivity contribution in [1.29, 1.82) is 0 Å². The zero-order chi connectivity index (χ0) is 13.8. The Labute approximate surface area is 119 Å². The van der Waals surface area contributed by atoms with Gasteiger partial charge in [-0.25, -0.2) is 0 Å². The largest absolute Gasteiger partial charge is 0.466 e. The van der Waals surface area contributed by atoms with E-state index < -0.39 is 0 Å². The molecule has 2 rings (SSSR count). The Morgan fingerprint density at radius 3 is 2.63 bits per heavy atom. The topological polar surface area (TPSA) is 29.5 Å². The van der Waals surface area contributed by atoms with Crippen LogP contribution in [-0.2, 0) is 9.53 Å². The van der Waals surface area contributed by atoms with Gasteiger partial charge in [0.15, 0.2) is 0 Å². The van der Waals surface area contributed by atoms with E-state index >= 15 is 0 Å². The summed E-state index contributed by atoms with van der Waals surface area (Å²) in [5.74, 6) is 0.149. The molecule has 0 N–H and O–H groups in total. The third kappa shape index (κ3) is 3.31. The van der Waals surface area contributed by atoms with E-state index in [0.717, 1.165) is 13.1 Å². The molecule has 0 spiro atoms. The van der Waals surface area contributed by atoms with Crippen molar-refractivity contribution in [1.82, 2.24) is 4.90 Å². The van der Waals surface area contributed by atoms with Crippen LogP contribution in [0.4, 0.5) is 0 Å². The molecule has 1 aliphatic heterocycles. The van der Waals surface area contributed by atoms with Gasteiger partial charge in [-0.05, 0) is 37.9 Å². The van der Waals surface area contributed by atoms with Gasteiger partial charge >= 0.3 is 5.97 Å². The van der Waals surface area contributed by atoms with Gasteiger partial charge in [-0.15, -0.1) is 11.8 Å². The lowest BCUT2D eigenvalue weighted by molar-refractivity contribution is -0.147. The summed E-state index contributed by atoms with van der Waals surface area (Å²) < 4.78 is 5.20. The van der Waals surface area contributed by atoms with Gasteiger partial charge in [0.1, 0.15) is 0 Å². The minimum atomic E-state index is -0.0641. The lowest BCUT2D eigenvalue weighted by Crippen LogP contribution is -2.24. The number of likely N-dealkylation sites (N-methyl/N-ethyl adjacent to an activating group) is 1. The van der Waals surface area contributed by atoms with Crippen LogP contribution in [0, 0.1) is 5.92 Å². The molecule has 1 aromatic rings. The monoisotopic (exact) mass is 279 g/mol. The highest BCUT2D eigenvalue weighted by atomic mass is 32.2. The number of hydrogen-bond acceptors (Lipinski definition) is 4. The molecule has 0 radical (unpaired) electrons. The van der Waals surface area contributed by atoms with Crippen LogP contribution in [0.25, 0.3) is 0 Å². The lowest BCUT2D eigenvalue weighted by Gasteiger charge is -2.17. The summed E-state index contributed by atoms with van der Waals surface area (Å²) in [4.78, 5) is 15.5. The summed E-state index contributed by atoms with van der Waals surface area (Å²) in [5.41, 5.74) is 1.24. The molecule has 104 valence electrons. The van der Waals surface area contributed by atoms with Crippen molar-refractivity contribution in [3.63, 3.8) is 0 Å². The molecule has 0 amide bonds. The Morgan fingerprint density at radius 2 is 2.05 bits per heavy atom.